The first-order chi connectivity index (χ1) is 15.0. The number of aromatic nitrogens is 3. The highest BCUT2D eigenvalue weighted by Crippen LogP contribution is 2.25. The van der Waals surface area contributed by atoms with Crippen LogP contribution >= 0.6 is 0 Å². The molecule has 0 radical (unpaired) electrons. The molecule has 0 fully saturated rings. The first-order valence-electron chi connectivity index (χ1n) is 9.98. The third kappa shape index (κ3) is 4.02. The van der Waals surface area contributed by atoms with Gasteiger partial charge in [0.1, 0.15) is 5.56 Å². The fraction of sp³-hybridized carbons (Fsp3) is 0.167. The van der Waals surface area contributed by atoms with Gasteiger partial charge in [-0.05, 0) is 50.6 Å². The van der Waals surface area contributed by atoms with Gasteiger partial charge in [-0.3, -0.25) is 4.79 Å². The zero-order valence-corrected chi connectivity index (χ0v) is 17.5. The average molecular weight is 414 g/mol. The van der Waals surface area contributed by atoms with Gasteiger partial charge in [-0.2, -0.15) is 9.78 Å². The van der Waals surface area contributed by atoms with Crippen molar-refractivity contribution in [1.29, 1.82) is 0 Å². The number of pyridine rings is 1. The molecule has 7 nitrogen and oxygen atoms in total. The fourth-order valence-electron chi connectivity index (χ4n) is 3.33. The van der Waals surface area contributed by atoms with Gasteiger partial charge in [-0.15, -0.1) is 0 Å². The van der Waals surface area contributed by atoms with Gasteiger partial charge in [0, 0.05) is 10.9 Å². The number of benzene rings is 2. The molecule has 0 saturated heterocycles. The predicted molar refractivity (Wildman–Crippen MR) is 119 cm³/mol. The molecule has 0 spiro atoms. The maximum atomic E-state index is 12.9. The summed E-state index contributed by atoms with van der Waals surface area (Å²) in [5.41, 5.74) is 3.47. The second-order valence-electron chi connectivity index (χ2n) is 7.17. The first-order valence-corrected chi connectivity index (χ1v) is 9.98. The molecular weight excluding hydrogens is 392 g/mol. The normalized spacial score (nSPS) is 10.8. The summed E-state index contributed by atoms with van der Waals surface area (Å²) in [5, 5.41) is 8.18. The van der Waals surface area contributed by atoms with Gasteiger partial charge in [0.25, 0.3) is 5.91 Å². The van der Waals surface area contributed by atoms with E-state index >= 15 is 0 Å². The Labute approximate surface area is 179 Å². The Hall–Kier alpha value is -4.00. The first kappa shape index (κ1) is 20.3. The summed E-state index contributed by atoms with van der Waals surface area (Å²) in [6.07, 6.45) is 1.38. The molecule has 0 aliphatic rings. The minimum absolute atomic E-state index is 0.162. The van der Waals surface area contributed by atoms with Crippen LogP contribution in [-0.4, -0.2) is 33.2 Å². The molecule has 2 aromatic carbocycles. The van der Waals surface area contributed by atoms with Crippen molar-refractivity contribution in [2.24, 2.45) is 0 Å². The molecule has 2 aromatic heterocycles. The van der Waals surface area contributed by atoms with Crippen LogP contribution in [0.5, 0.6) is 0 Å². The molecule has 2 heterocycles. The van der Waals surface area contributed by atoms with Crippen LogP contribution in [0, 0.1) is 13.8 Å². The lowest BCUT2D eigenvalue weighted by Crippen LogP contribution is -2.18. The number of carbonyl (C=O) groups is 2. The summed E-state index contributed by atoms with van der Waals surface area (Å²) in [6, 6.07) is 16.8. The quantitative estimate of drug-likeness (QED) is 0.487. The number of anilines is 1. The highest BCUT2D eigenvalue weighted by atomic mass is 16.5. The smallest absolute Gasteiger partial charge is 0.343 e. The summed E-state index contributed by atoms with van der Waals surface area (Å²) >= 11 is 0. The number of carbonyl (C=O) groups excluding carboxylic acids is 2. The van der Waals surface area contributed by atoms with Crippen molar-refractivity contribution in [3.05, 3.63) is 83.0 Å². The van der Waals surface area contributed by atoms with Gasteiger partial charge in [0.2, 0.25) is 0 Å². The van der Waals surface area contributed by atoms with E-state index in [0.29, 0.717) is 11.4 Å². The van der Waals surface area contributed by atoms with Gasteiger partial charge < -0.3 is 10.1 Å². The van der Waals surface area contributed by atoms with E-state index in [9.17, 15) is 9.59 Å². The summed E-state index contributed by atoms with van der Waals surface area (Å²) < 4.78 is 6.61. The second kappa shape index (κ2) is 8.39. The lowest BCUT2D eigenvalue weighted by molar-refractivity contribution is 0.0527. The van der Waals surface area contributed by atoms with Crippen molar-refractivity contribution < 1.29 is 14.3 Å². The summed E-state index contributed by atoms with van der Waals surface area (Å²) in [4.78, 5) is 30.1. The number of nitrogens with one attached hydrogen (secondary N) is 1. The number of hydrogen-bond donors (Lipinski definition) is 1. The number of nitrogens with zero attached hydrogens (tertiary/aromatic N) is 3. The molecule has 1 amide bonds. The van der Waals surface area contributed by atoms with Crippen LogP contribution in [0.1, 0.15) is 38.8 Å². The van der Waals surface area contributed by atoms with E-state index in [-0.39, 0.29) is 23.9 Å². The van der Waals surface area contributed by atoms with Crippen molar-refractivity contribution in [2.75, 3.05) is 11.9 Å². The fourth-order valence-corrected chi connectivity index (χ4v) is 3.33. The number of ether oxygens (including phenoxy) is 1. The molecule has 156 valence electrons. The lowest BCUT2D eigenvalue weighted by atomic mass is 10.1. The molecule has 0 aliphatic heterocycles. The minimum Gasteiger partial charge on any atom is -0.462 e. The van der Waals surface area contributed by atoms with E-state index in [2.05, 4.69) is 15.4 Å². The Morgan fingerprint density at radius 2 is 1.81 bits per heavy atom. The van der Waals surface area contributed by atoms with Crippen molar-refractivity contribution >= 4 is 28.6 Å². The molecule has 4 rings (SSSR count). The van der Waals surface area contributed by atoms with Gasteiger partial charge in [-0.25, -0.2) is 9.78 Å². The van der Waals surface area contributed by atoms with Crippen molar-refractivity contribution in [3.63, 3.8) is 0 Å². The van der Waals surface area contributed by atoms with Gasteiger partial charge in [0.15, 0.2) is 11.6 Å². The Morgan fingerprint density at radius 3 is 2.55 bits per heavy atom. The number of esters is 1. The Morgan fingerprint density at radius 1 is 1.06 bits per heavy atom. The zero-order chi connectivity index (χ0) is 22.0. The Balaban J connectivity index is 1.80. The van der Waals surface area contributed by atoms with Crippen LogP contribution in [0.2, 0.25) is 0 Å². The number of rotatable bonds is 5. The van der Waals surface area contributed by atoms with Crippen molar-refractivity contribution in [3.8, 4) is 5.82 Å². The monoisotopic (exact) mass is 414 g/mol. The van der Waals surface area contributed by atoms with E-state index in [0.717, 1.165) is 22.0 Å². The maximum Gasteiger partial charge on any atom is 0.343 e. The van der Waals surface area contributed by atoms with Crippen LogP contribution in [0.4, 0.5) is 5.82 Å². The molecule has 7 heteroatoms. The largest absolute Gasteiger partial charge is 0.462 e. The number of para-hydroxylation sites is 1. The van der Waals surface area contributed by atoms with Gasteiger partial charge in [0.05, 0.1) is 18.3 Å². The van der Waals surface area contributed by atoms with E-state index in [1.807, 2.05) is 56.3 Å². The predicted octanol–water partition coefficient (Wildman–Crippen LogP) is 4.47. The van der Waals surface area contributed by atoms with E-state index in [4.69, 9.17) is 4.74 Å². The Kier molecular flexibility index (Phi) is 5.49. The van der Waals surface area contributed by atoms with Crippen molar-refractivity contribution in [2.45, 2.75) is 20.8 Å². The van der Waals surface area contributed by atoms with Gasteiger partial charge >= 0.3 is 5.97 Å². The van der Waals surface area contributed by atoms with Gasteiger partial charge in [-0.1, -0.05) is 35.9 Å². The van der Waals surface area contributed by atoms with Crippen LogP contribution in [0.15, 0.2) is 60.8 Å². The Bertz CT molecular complexity index is 1280. The van der Waals surface area contributed by atoms with Crippen molar-refractivity contribution in [1.82, 2.24) is 14.8 Å². The highest BCUT2D eigenvalue weighted by molar-refractivity contribution is 6.07. The number of aryl methyl sites for hydroxylation is 2. The second-order valence-corrected chi connectivity index (χ2v) is 7.17. The zero-order valence-electron chi connectivity index (χ0n) is 17.5. The highest BCUT2D eigenvalue weighted by Gasteiger charge is 2.23. The lowest BCUT2D eigenvalue weighted by Gasteiger charge is -2.12. The topological polar surface area (TPSA) is 86.1 Å². The third-order valence-corrected chi connectivity index (χ3v) is 4.94. The van der Waals surface area contributed by atoms with E-state index in [1.54, 1.807) is 19.1 Å². The van der Waals surface area contributed by atoms with Crippen LogP contribution in [0.3, 0.4) is 0 Å². The number of fused-ring (bicyclic) bond motifs is 1. The molecular formula is C24H22N4O3. The molecule has 1 N–H and O–H groups in total. The molecule has 31 heavy (non-hydrogen) atoms. The molecule has 4 aromatic rings. The number of hydrogen-bond acceptors (Lipinski definition) is 5. The van der Waals surface area contributed by atoms with E-state index in [1.165, 1.54) is 10.9 Å². The summed E-state index contributed by atoms with van der Waals surface area (Å²) in [5.74, 6) is -0.215. The SMILES string of the molecule is CCOC(=O)c1cnn(-c2cc(C)c3ccccc3n2)c1NC(=O)c1ccc(C)cc1. The van der Waals surface area contributed by atoms with Crippen LogP contribution in [-0.2, 0) is 4.74 Å². The molecule has 0 bridgehead atoms. The van der Waals surface area contributed by atoms with Crippen LogP contribution in [0.25, 0.3) is 16.7 Å². The third-order valence-electron chi connectivity index (χ3n) is 4.94. The minimum atomic E-state index is -0.564. The summed E-state index contributed by atoms with van der Waals surface area (Å²) in [7, 11) is 0. The average Bonchev–Trinajstić information content (AvgIpc) is 3.18. The standard InChI is InChI=1S/C24H22N4O3/c1-4-31-24(30)19-14-25-28(21-13-16(3)18-7-5-6-8-20(18)26-21)22(19)27-23(29)17-11-9-15(2)10-12-17/h5-14H,4H2,1-3H3,(H,27,29). The van der Waals surface area contributed by atoms with E-state index < -0.39 is 5.97 Å². The molecule has 0 saturated carbocycles. The number of amides is 1. The molecule has 0 aliphatic carbocycles. The molecule has 0 unspecified atom stereocenters. The van der Waals surface area contributed by atoms with Crippen LogP contribution < -0.4 is 5.32 Å². The maximum absolute atomic E-state index is 12.9. The molecule has 0 atom stereocenters. The summed E-state index contributed by atoms with van der Waals surface area (Å²) in [6.45, 7) is 5.86.